The fourth-order valence-electron chi connectivity index (χ4n) is 1.73. The fourth-order valence-corrected chi connectivity index (χ4v) is 3.10. The molecule has 1 fully saturated rings. The van der Waals surface area contributed by atoms with Crippen LogP contribution in [-0.4, -0.2) is 29.8 Å². The first-order chi connectivity index (χ1) is 7.66. The molecule has 86 valence electrons. The van der Waals surface area contributed by atoms with Crippen molar-refractivity contribution in [2.75, 3.05) is 18.8 Å². The maximum Gasteiger partial charge on any atom is 0.314 e. The van der Waals surface area contributed by atoms with Crippen LogP contribution in [0.2, 0.25) is 5.02 Å². The molecule has 16 heavy (non-hydrogen) atoms. The van der Waals surface area contributed by atoms with Crippen molar-refractivity contribution in [2.24, 2.45) is 5.73 Å². The van der Waals surface area contributed by atoms with Gasteiger partial charge in [-0.05, 0) is 17.7 Å². The summed E-state index contributed by atoms with van der Waals surface area (Å²) >= 11 is 7.69. The third-order valence-electron chi connectivity index (χ3n) is 2.62. The second-order valence-electron chi connectivity index (χ2n) is 3.70. The summed E-state index contributed by atoms with van der Waals surface area (Å²) in [5.74, 6) is 0.927. The van der Waals surface area contributed by atoms with E-state index >= 15 is 0 Å². The minimum absolute atomic E-state index is 0.304. The van der Waals surface area contributed by atoms with Crippen molar-refractivity contribution in [1.82, 2.24) is 4.90 Å². The Bertz CT molecular complexity index is 382. The van der Waals surface area contributed by atoms with Gasteiger partial charge in [-0.1, -0.05) is 23.7 Å². The van der Waals surface area contributed by atoms with E-state index in [9.17, 15) is 4.79 Å². The molecule has 1 aromatic rings. The lowest BCUT2D eigenvalue weighted by molar-refractivity contribution is 0.209. The highest BCUT2D eigenvalue weighted by Gasteiger charge is 2.23. The van der Waals surface area contributed by atoms with Gasteiger partial charge in [0.1, 0.15) is 0 Å². The van der Waals surface area contributed by atoms with Gasteiger partial charge in [-0.3, -0.25) is 0 Å². The van der Waals surface area contributed by atoms with Crippen molar-refractivity contribution < 1.29 is 4.79 Å². The molecule has 0 spiro atoms. The normalized spacial score (nSPS) is 20.8. The maximum absolute atomic E-state index is 11.1. The Morgan fingerprint density at radius 3 is 2.75 bits per heavy atom. The van der Waals surface area contributed by atoms with Crippen LogP contribution in [0.3, 0.4) is 0 Å². The number of benzene rings is 1. The zero-order valence-electron chi connectivity index (χ0n) is 8.73. The number of nitrogens with zero attached hydrogens (tertiary/aromatic N) is 1. The predicted molar refractivity (Wildman–Crippen MR) is 67.8 cm³/mol. The van der Waals surface area contributed by atoms with Gasteiger partial charge >= 0.3 is 6.03 Å². The molecule has 3 nitrogen and oxygen atoms in total. The number of hydrogen-bond acceptors (Lipinski definition) is 2. The number of rotatable bonds is 1. The highest BCUT2D eigenvalue weighted by atomic mass is 35.5. The molecule has 0 aromatic heterocycles. The third kappa shape index (κ3) is 2.62. The Kier molecular flexibility index (Phi) is 3.61. The average Bonchev–Trinajstić information content (AvgIpc) is 2.30. The average molecular weight is 257 g/mol. The maximum atomic E-state index is 11.1. The minimum Gasteiger partial charge on any atom is -0.351 e. The summed E-state index contributed by atoms with van der Waals surface area (Å²) in [6.07, 6.45) is 0. The molecule has 5 heteroatoms. The van der Waals surface area contributed by atoms with Crippen molar-refractivity contribution in [1.29, 1.82) is 0 Å². The SMILES string of the molecule is NC(=O)N1CCSC(c2ccc(Cl)cc2)C1. The number of primary amides is 1. The molecular formula is C11H13ClN2OS. The van der Waals surface area contributed by atoms with E-state index in [1.807, 2.05) is 36.0 Å². The summed E-state index contributed by atoms with van der Waals surface area (Å²) in [7, 11) is 0. The van der Waals surface area contributed by atoms with Crippen LogP contribution in [0.4, 0.5) is 4.79 Å². The monoisotopic (exact) mass is 256 g/mol. The highest BCUT2D eigenvalue weighted by molar-refractivity contribution is 7.99. The molecule has 1 aliphatic rings. The van der Waals surface area contributed by atoms with Crippen LogP contribution in [0.15, 0.2) is 24.3 Å². The molecule has 1 atom stereocenters. The molecule has 1 heterocycles. The summed E-state index contributed by atoms with van der Waals surface area (Å²) in [4.78, 5) is 12.8. The second-order valence-corrected chi connectivity index (χ2v) is 5.44. The van der Waals surface area contributed by atoms with E-state index in [0.29, 0.717) is 11.8 Å². The van der Waals surface area contributed by atoms with E-state index in [0.717, 1.165) is 17.3 Å². The number of hydrogen-bond donors (Lipinski definition) is 1. The van der Waals surface area contributed by atoms with Crippen molar-refractivity contribution in [3.8, 4) is 0 Å². The number of thioether (sulfide) groups is 1. The first kappa shape index (κ1) is 11.6. The van der Waals surface area contributed by atoms with E-state index in [2.05, 4.69) is 0 Å². The Labute approximate surface area is 104 Å². The lowest BCUT2D eigenvalue weighted by atomic mass is 10.1. The van der Waals surface area contributed by atoms with Gasteiger partial charge in [-0.25, -0.2) is 4.79 Å². The Balaban J connectivity index is 2.09. The van der Waals surface area contributed by atoms with Gasteiger partial charge in [0.2, 0.25) is 0 Å². The van der Waals surface area contributed by atoms with Gasteiger partial charge in [0, 0.05) is 29.1 Å². The number of halogens is 1. The molecule has 2 amide bonds. The first-order valence-electron chi connectivity index (χ1n) is 5.08. The van der Waals surface area contributed by atoms with E-state index in [1.165, 1.54) is 5.56 Å². The molecule has 0 radical (unpaired) electrons. The van der Waals surface area contributed by atoms with E-state index in [4.69, 9.17) is 17.3 Å². The van der Waals surface area contributed by atoms with Crippen molar-refractivity contribution >= 4 is 29.4 Å². The molecule has 1 saturated heterocycles. The van der Waals surface area contributed by atoms with Gasteiger partial charge < -0.3 is 10.6 Å². The molecule has 1 aromatic carbocycles. The van der Waals surface area contributed by atoms with Crippen molar-refractivity contribution in [3.05, 3.63) is 34.9 Å². The van der Waals surface area contributed by atoms with Crippen LogP contribution in [0.25, 0.3) is 0 Å². The molecular weight excluding hydrogens is 244 g/mol. The van der Waals surface area contributed by atoms with Crippen molar-refractivity contribution in [3.63, 3.8) is 0 Å². The van der Waals surface area contributed by atoms with Gasteiger partial charge in [0.25, 0.3) is 0 Å². The van der Waals surface area contributed by atoms with E-state index < -0.39 is 0 Å². The van der Waals surface area contributed by atoms with Gasteiger partial charge in [0.15, 0.2) is 0 Å². The predicted octanol–water partition coefficient (Wildman–Crippen LogP) is 2.51. The zero-order chi connectivity index (χ0) is 11.5. The molecule has 0 saturated carbocycles. The smallest absolute Gasteiger partial charge is 0.314 e. The molecule has 2 N–H and O–H groups in total. The lowest BCUT2D eigenvalue weighted by Gasteiger charge is -2.31. The highest BCUT2D eigenvalue weighted by Crippen LogP contribution is 2.33. The summed E-state index contributed by atoms with van der Waals surface area (Å²) < 4.78 is 0. The van der Waals surface area contributed by atoms with Crippen LogP contribution < -0.4 is 5.73 Å². The number of carbonyl (C=O) groups is 1. The van der Waals surface area contributed by atoms with Crippen molar-refractivity contribution in [2.45, 2.75) is 5.25 Å². The molecule has 1 aliphatic heterocycles. The van der Waals surface area contributed by atoms with Crippen LogP contribution >= 0.6 is 23.4 Å². The topological polar surface area (TPSA) is 46.3 Å². The van der Waals surface area contributed by atoms with Crippen LogP contribution in [0.1, 0.15) is 10.8 Å². The quantitative estimate of drug-likeness (QED) is 0.839. The van der Waals surface area contributed by atoms with Gasteiger partial charge in [-0.2, -0.15) is 11.8 Å². The standard InChI is InChI=1S/C11H13ClN2OS/c12-9-3-1-8(2-4-9)10-7-14(11(13)15)5-6-16-10/h1-4,10H,5-7H2,(H2,13,15). The molecule has 0 bridgehead atoms. The summed E-state index contributed by atoms with van der Waals surface area (Å²) in [5, 5.41) is 1.04. The van der Waals surface area contributed by atoms with Gasteiger partial charge in [0.05, 0.1) is 0 Å². The first-order valence-corrected chi connectivity index (χ1v) is 6.51. The second kappa shape index (κ2) is 4.97. The largest absolute Gasteiger partial charge is 0.351 e. The van der Waals surface area contributed by atoms with Crippen LogP contribution in [0, 0.1) is 0 Å². The van der Waals surface area contributed by atoms with Gasteiger partial charge in [-0.15, -0.1) is 0 Å². The summed E-state index contributed by atoms with van der Waals surface area (Å²) in [6, 6.07) is 7.43. The molecule has 2 rings (SSSR count). The van der Waals surface area contributed by atoms with Crippen LogP contribution in [-0.2, 0) is 0 Å². The molecule has 0 aliphatic carbocycles. The lowest BCUT2D eigenvalue weighted by Crippen LogP contribution is -2.42. The Hall–Kier alpha value is -0.870. The minimum atomic E-state index is -0.334. The van der Waals surface area contributed by atoms with E-state index in [-0.39, 0.29) is 6.03 Å². The third-order valence-corrected chi connectivity index (χ3v) is 4.11. The fraction of sp³-hybridized carbons (Fsp3) is 0.364. The number of carbonyl (C=O) groups excluding carboxylic acids is 1. The molecule has 1 unspecified atom stereocenters. The summed E-state index contributed by atoms with van der Waals surface area (Å²) in [5.41, 5.74) is 6.48. The Morgan fingerprint density at radius 2 is 2.12 bits per heavy atom. The van der Waals surface area contributed by atoms with Crippen LogP contribution in [0.5, 0.6) is 0 Å². The van der Waals surface area contributed by atoms with E-state index in [1.54, 1.807) is 4.90 Å². The number of urea groups is 1. The number of amides is 2. The zero-order valence-corrected chi connectivity index (χ0v) is 10.3. The summed E-state index contributed by atoms with van der Waals surface area (Å²) in [6.45, 7) is 1.42. The Morgan fingerprint density at radius 1 is 1.44 bits per heavy atom. The number of nitrogens with two attached hydrogens (primary N) is 1.